The molecule has 0 radical (unpaired) electrons. The SMILES string of the molecule is COC(=O)O.O=S(=O)(O)O. The van der Waals surface area contributed by atoms with Gasteiger partial charge in [-0.2, -0.15) is 8.42 Å². The van der Waals surface area contributed by atoms with E-state index in [4.69, 9.17) is 27.4 Å². The summed E-state index contributed by atoms with van der Waals surface area (Å²) in [5.41, 5.74) is 0. The maximum Gasteiger partial charge on any atom is 0.505 e. The summed E-state index contributed by atoms with van der Waals surface area (Å²) in [5.74, 6) is 0. The molecule has 0 amide bonds. The third-order valence-corrected chi connectivity index (χ3v) is 0.175. The summed E-state index contributed by atoms with van der Waals surface area (Å²) in [6.07, 6.45) is -1.25. The molecule has 0 spiro atoms. The molecule has 0 bridgehead atoms. The second kappa shape index (κ2) is 4.97. The maximum atomic E-state index is 9.15. The van der Waals surface area contributed by atoms with Crippen molar-refractivity contribution in [3.63, 3.8) is 0 Å². The topological polar surface area (TPSA) is 121 Å². The standard InChI is InChI=1S/C2H4O3.H2O4S/c1-5-2(3)4;1-5(2,3)4/h1H3,(H,3,4);(H2,1,2,3,4). The van der Waals surface area contributed by atoms with Crippen LogP contribution in [0.1, 0.15) is 0 Å². The Kier molecular flexibility index (Phi) is 5.90. The summed E-state index contributed by atoms with van der Waals surface area (Å²) in [7, 11) is -3.57. The quantitative estimate of drug-likeness (QED) is 0.339. The van der Waals surface area contributed by atoms with Crippen LogP contribution in [0.2, 0.25) is 0 Å². The van der Waals surface area contributed by atoms with Gasteiger partial charge in [0, 0.05) is 0 Å². The minimum atomic E-state index is -4.67. The molecule has 10 heavy (non-hydrogen) atoms. The molecular weight excluding hydrogens is 168 g/mol. The molecular formula is C2H6O7S. The van der Waals surface area contributed by atoms with E-state index in [0.29, 0.717) is 0 Å². The molecule has 0 aromatic rings. The summed E-state index contributed by atoms with van der Waals surface area (Å²) < 4.78 is 35.2. The van der Waals surface area contributed by atoms with Crippen molar-refractivity contribution in [2.45, 2.75) is 0 Å². The van der Waals surface area contributed by atoms with Gasteiger partial charge in [-0.3, -0.25) is 9.11 Å². The first kappa shape index (κ1) is 11.9. The third-order valence-electron chi connectivity index (χ3n) is 0.175. The van der Waals surface area contributed by atoms with Crippen LogP contribution in [0.5, 0.6) is 0 Å². The molecule has 0 aliphatic rings. The summed E-state index contributed by atoms with van der Waals surface area (Å²) >= 11 is 0. The van der Waals surface area contributed by atoms with E-state index in [9.17, 15) is 0 Å². The first-order valence-corrected chi connectivity index (χ1v) is 3.14. The van der Waals surface area contributed by atoms with E-state index in [-0.39, 0.29) is 0 Å². The van der Waals surface area contributed by atoms with Crippen molar-refractivity contribution in [3.8, 4) is 0 Å². The van der Waals surface area contributed by atoms with Crippen molar-refractivity contribution in [1.29, 1.82) is 0 Å². The van der Waals surface area contributed by atoms with Gasteiger partial charge in [0.05, 0.1) is 7.11 Å². The molecule has 0 saturated heterocycles. The van der Waals surface area contributed by atoms with E-state index in [0.717, 1.165) is 7.11 Å². The lowest BCUT2D eigenvalue weighted by Crippen LogP contribution is -1.91. The van der Waals surface area contributed by atoms with Gasteiger partial charge in [-0.25, -0.2) is 4.79 Å². The van der Waals surface area contributed by atoms with Crippen LogP contribution in [-0.2, 0) is 15.1 Å². The number of ether oxygens (including phenoxy) is 1. The monoisotopic (exact) mass is 174 g/mol. The lowest BCUT2D eigenvalue weighted by atomic mass is 11.4. The van der Waals surface area contributed by atoms with Crippen molar-refractivity contribution in [2.75, 3.05) is 7.11 Å². The fourth-order valence-corrected chi connectivity index (χ4v) is 0. The van der Waals surface area contributed by atoms with Crippen LogP contribution < -0.4 is 0 Å². The van der Waals surface area contributed by atoms with E-state index in [1.54, 1.807) is 0 Å². The first-order valence-electron chi connectivity index (χ1n) is 1.74. The second-order valence-electron chi connectivity index (χ2n) is 0.918. The number of hydrogen-bond acceptors (Lipinski definition) is 4. The summed E-state index contributed by atoms with van der Waals surface area (Å²) in [4.78, 5) is 9.15. The molecule has 0 heterocycles. The number of rotatable bonds is 0. The fraction of sp³-hybridized carbons (Fsp3) is 0.500. The zero-order chi connectivity index (χ0) is 8.78. The zero-order valence-electron chi connectivity index (χ0n) is 4.88. The highest BCUT2D eigenvalue weighted by atomic mass is 32.3. The van der Waals surface area contributed by atoms with Crippen molar-refractivity contribution < 1.29 is 32.2 Å². The predicted molar refractivity (Wildman–Crippen MR) is 29.2 cm³/mol. The van der Waals surface area contributed by atoms with Gasteiger partial charge in [0.15, 0.2) is 0 Å². The van der Waals surface area contributed by atoms with Crippen LogP contribution >= 0.6 is 0 Å². The van der Waals surface area contributed by atoms with Gasteiger partial charge in [0.25, 0.3) is 0 Å². The van der Waals surface area contributed by atoms with E-state index in [2.05, 4.69) is 4.74 Å². The Morgan fingerprint density at radius 3 is 1.50 bits per heavy atom. The molecule has 62 valence electrons. The molecule has 0 atom stereocenters. The highest BCUT2D eigenvalue weighted by Gasteiger charge is 1.84. The summed E-state index contributed by atoms with van der Waals surface area (Å²) in [5, 5.41) is 7.50. The largest absolute Gasteiger partial charge is 0.505 e. The van der Waals surface area contributed by atoms with Crippen LogP contribution in [0.25, 0.3) is 0 Å². The minimum absolute atomic E-state index is 1.10. The molecule has 0 aromatic carbocycles. The highest BCUT2D eigenvalue weighted by Crippen LogP contribution is 1.60. The van der Waals surface area contributed by atoms with Crippen LogP contribution in [0, 0.1) is 0 Å². The molecule has 0 saturated carbocycles. The van der Waals surface area contributed by atoms with Crippen LogP contribution in [0.4, 0.5) is 4.79 Å². The van der Waals surface area contributed by atoms with Gasteiger partial charge in [-0.05, 0) is 0 Å². The highest BCUT2D eigenvalue weighted by molar-refractivity contribution is 7.79. The summed E-state index contributed by atoms with van der Waals surface area (Å²) in [6.45, 7) is 0. The molecule has 0 aromatic heterocycles. The number of carboxylic acid groups (broad SMARTS) is 1. The molecule has 0 aliphatic heterocycles. The third kappa shape index (κ3) is 207. The molecule has 0 unspecified atom stereocenters. The minimum Gasteiger partial charge on any atom is -0.450 e. The van der Waals surface area contributed by atoms with Gasteiger partial charge in [-0.1, -0.05) is 0 Å². The number of methoxy groups -OCH3 is 1. The normalized spacial score (nSPS) is 9.10. The lowest BCUT2D eigenvalue weighted by Gasteiger charge is -1.79. The van der Waals surface area contributed by atoms with E-state index < -0.39 is 16.6 Å². The predicted octanol–water partition coefficient (Wildman–Crippen LogP) is -0.342. The number of carbonyl (C=O) groups is 1. The Hall–Kier alpha value is -0.860. The van der Waals surface area contributed by atoms with Gasteiger partial charge in [-0.15, -0.1) is 0 Å². The average molecular weight is 174 g/mol. The maximum absolute atomic E-state index is 9.15. The molecule has 0 fully saturated rings. The van der Waals surface area contributed by atoms with Crippen molar-refractivity contribution in [2.24, 2.45) is 0 Å². The molecule has 8 heteroatoms. The molecule has 3 N–H and O–H groups in total. The van der Waals surface area contributed by atoms with Gasteiger partial charge < -0.3 is 9.84 Å². The Labute approximate surface area is 56.8 Å². The summed E-state index contributed by atoms with van der Waals surface area (Å²) in [6, 6.07) is 0. The lowest BCUT2D eigenvalue weighted by molar-refractivity contribution is 0.114. The van der Waals surface area contributed by atoms with Crippen molar-refractivity contribution in [3.05, 3.63) is 0 Å². The van der Waals surface area contributed by atoms with Gasteiger partial charge in [0.2, 0.25) is 0 Å². The molecule has 0 aliphatic carbocycles. The molecule has 7 nitrogen and oxygen atoms in total. The van der Waals surface area contributed by atoms with Crippen LogP contribution in [0.3, 0.4) is 0 Å². The van der Waals surface area contributed by atoms with E-state index >= 15 is 0 Å². The fourth-order valence-electron chi connectivity index (χ4n) is 0. The van der Waals surface area contributed by atoms with Crippen LogP contribution in [0.15, 0.2) is 0 Å². The molecule has 0 rings (SSSR count). The zero-order valence-corrected chi connectivity index (χ0v) is 5.70. The van der Waals surface area contributed by atoms with Gasteiger partial charge in [0.1, 0.15) is 0 Å². The Balaban J connectivity index is 0. The first-order chi connectivity index (χ1) is 4.27. The Morgan fingerprint density at radius 2 is 1.50 bits per heavy atom. The van der Waals surface area contributed by atoms with Gasteiger partial charge >= 0.3 is 16.6 Å². The van der Waals surface area contributed by atoms with Crippen molar-refractivity contribution >= 4 is 16.6 Å². The Morgan fingerprint density at radius 1 is 1.40 bits per heavy atom. The van der Waals surface area contributed by atoms with Crippen molar-refractivity contribution in [1.82, 2.24) is 0 Å². The number of hydrogen-bond donors (Lipinski definition) is 3. The van der Waals surface area contributed by atoms with Crippen LogP contribution in [-0.4, -0.2) is 35.9 Å². The van der Waals surface area contributed by atoms with E-state index in [1.165, 1.54) is 0 Å². The average Bonchev–Trinajstić information content (AvgIpc) is 1.61. The smallest absolute Gasteiger partial charge is 0.450 e. The van der Waals surface area contributed by atoms with E-state index in [1.807, 2.05) is 0 Å². The Bertz CT molecular complexity index is 170. The second-order valence-corrected chi connectivity index (χ2v) is 1.81.